The summed E-state index contributed by atoms with van der Waals surface area (Å²) in [5.74, 6) is 1.15. The van der Waals surface area contributed by atoms with Gasteiger partial charge >= 0.3 is 0 Å². The third kappa shape index (κ3) is 5.16. The van der Waals surface area contributed by atoms with E-state index in [4.69, 9.17) is 9.40 Å². The van der Waals surface area contributed by atoms with Gasteiger partial charge in [0.1, 0.15) is 11.6 Å². The van der Waals surface area contributed by atoms with Gasteiger partial charge in [-0.15, -0.1) is 0 Å². The third-order valence-corrected chi connectivity index (χ3v) is 6.95. The van der Waals surface area contributed by atoms with Crippen LogP contribution >= 0.6 is 0 Å². The molecule has 6 heteroatoms. The van der Waals surface area contributed by atoms with Crippen molar-refractivity contribution in [2.45, 2.75) is 46.2 Å². The Bertz CT molecular complexity index is 1620. The van der Waals surface area contributed by atoms with Crippen molar-refractivity contribution in [1.29, 1.82) is 0 Å². The quantitative estimate of drug-likeness (QED) is 0.248. The Kier molecular flexibility index (Phi) is 7.22. The summed E-state index contributed by atoms with van der Waals surface area (Å²) >= 11 is 0. The lowest BCUT2D eigenvalue weighted by Crippen LogP contribution is -2.37. The first-order valence-corrected chi connectivity index (χ1v) is 12.9. The lowest BCUT2D eigenvalue weighted by molar-refractivity contribution is -0.134. The van der Waals surface area contributed by atoms with E-state index < -0.39 is 6.04 Å². The lowest BCUT2D eigenvalue weighted by atomic mass is 10.1. The predicted octanol–water partition coefficient (Wildman–Crippen LogP) is 6.32. The normalized spacial score (nSPS) is 12.0. The molecule has 1 atom stereocenters. The Morgan fingerprint density at radius 2 is 1.74 bits per heavy atom. The van der Waals surface area contributed by atoms with Crippen molar-refractivity contribution < 1.29 is 9.21 Å². The molecule has 0 spiro atoms. The van der Waals surface area contributed by atoms with Crippen LogP contribution in [-0.4, -0.2) is 20.4 Å². The van der Waals surface area contributed by atoms with Crippen LogP contribution in [0.3, 0.4) is 0 Å². The molecular weight excluding hydrogens is 474 g/mol. The summed E-state index contributed by atoms with van der Waals surface area (Å²) in [6, 6.07) is 26.5. The van der Waals surface area contributed by atoms with Crippen molar-refractivity contribution in [3.05, 3.63) is 130 Å². The Labute approximate surface area is 222 Å². The number of amides is 1. The fraction of sp³-hybridized carbons (Fsp3) is 0.219. The van der Waals surface area contributed by atoms with Crippen molar-refractivity contribution in [3.63, 3.8) is 0 Å². The summed E-state index contributed by atoms with van der Waals surface area (Å²) in [5, 5.41) is 0.539. The fourth-order valence-corrected chi connectivity index (χ4v) is 4.81. The topological polar surface area (TPSA) is 68.3 Å². The average Bonchev–Trinajstić information content (AvgIpc) is 3.45. The number of rotatable bonds is 8. The molecule has 0 bridgehead atoms. The number of carbonyl (C=O) groups is 1. The molecule has 38 heavy (non-hydrogen) atoms. The molecule has 0 fully saturated rings. The smallest absolute Gasteiger partial charge is 0.266 e. The molecule has 2 heterocycles. The van der Waals surface area contributed by atoms with Gasteiger partial charge in [0, 0.05) is 6.42 Å². The zero-order valence-corrected chi connectivity index (χ0v) is 21.9. The van der Waals surface area contributed by atoms with E-state index >= 15 is 0 Å². The average molecular weight is 506 g/mol. The van der Waals surface area contributed by atoms with Gasteiger partial charge in [-0.2, -0.15) is 0 Å². The number of hydrogen-bond acceptors (Lipinski definition) is 4. The van der Waals surface area contributed by atoms with Crippen molar-refractivity contribution >= 4 is 16.8 Å². The van der Waals surface area contributed by atoms with Crippen molar-refractivity contribution in [2.24, 2.45) is 0 Å². The van der Waals surface area contributed by atoms with Crippen molar-refractivity contribution in [1.82, 2.24) is 14.5 Å². The lowest BCUT2D eigenvalue weighted by Gasteiger charge is -2.30. The second-order valence-electron chi connectivity index (χ2n) is 9.68. The molecule has 0 saturated carbocycles. The third-order valence-electron chi connectivity index (χ3n) is 6.95. The zero-order chi connectivity index (χ0) is 26.6. The zero-order valence-electron chi connectivity index (χ0n) is 21.9. The summed E-state index contributed by atoms with van der Waals surface area (Å²) in [5.41, 5.74) is 4.32. The van der Waals surface area contributed by atoms with Gasteiger partial charge in [0.15, 0.2) is 0 Å². The van der Waals surface area contributed by atoms with E-state index in [0.717, 1.165) is 22.4 Å². The van der Waals surface area contributed by atoms with Crippen LogP contribution in [0.15, 0.2) is 100 Å². The standard InChI is InChI=1S/C32H31N3O3/c1-22-15-16-23(2)29(20-22)35-31(33-28-14-8-7-13-27(28)32(35)37)24(3)34(21-26-12-9-19-38-26)30(36)18-17-25-10-5-4-6-11-25/h4-16,19-20,24H,17-18,21H2,1-3H3. The SMILES string of the molecule is Cc1ccc(C)c(-n2c(C(C)N(Cc3ccco3)C(=O)CCc3ccccc3)nc3ccccc3c2=O)c1. The number of para-hydroxylation sites is 1. The van der Waals surface area contributed by atoms with Crippen LogP contribution in [-0.2, 0) is 17.8 Å². The fourth-order valence-electron chi connectivity index (χ4n) is 4.81. The van der Waals surface area contributed by atoms with Crippen LogP contribution in [0.25, 0.3) is 16.6 Å². The van der Waals surface area contributed by atoms with Gasteiger partial charge in [-0.05, 0) is 74.2 Å². The van der Waals surface area contributed by atoms with Crippen LogP contribution in [0.4, 0.5) is 0 Å². The van der Waals surface area contributed by atoms with E-state index in [-0.39, 0.29) is 18.0 Å². The Morgan fingerprint density at radius 1 is 0.974 bits per heavy atom. The van der Waals surface area contributed by atoms with E-state index in [1.54, 1.807) is 21.8 Å². The maximum Gasteiger partial charge on any atom is 0.266 e. The second-order valence-corrected chi connectivity index (χ2v) is 9.68. The molecular formula is C32H31N3O3. The molecule has 6 nitrogen and oxygen atoms in total. The van der Waals surface area contributed by atoms with Crippen LogP contribution in [0.2, 0.25) is 0 Å². The number of fused-ring (bicyclic) bond motifs is 1. The number of aromatic nitrogens is 2. The Morgan fingerprint density at radius 3 is 2.50 bits per heavy atom. The van der Waals surface area contributed by atoms with Gasteiger partial charge < -0.3 is 9.32 Å². The molecule has 0 N–H and O–H groups in total. The van der Waals surface area contributed by atoms with Crippen molar-refractivity contribution in [2.75, 3.05) is 0 Å². The summed E-state index contributed by atoms with van der Waals surface area (Å²) in [7, 11) is 0. The van der Waals surface area contributed by atoms with E-state index in [0.29, 0.717) is 35.3 Å². The van der Waals surface area contributed by atoms with Gasteiger partial charge in [0.25, 0.3) is 5.56 Å². The molecule has 0 aliphatic carbocycles. The highest BCUT2D eigenvalue weighted by Gasteiger charge is 2.28. The minimum atomic E-state index is -0.499. The van der Waals surface area contributed by atoms with Gasteiger partial charge in [0.05, 0.1) is 35.4 Å². The molecule has 1 unspecified atom stereocenters. The summed E-state index contributed by atoms with van der Waals surface area (Å²) in [6.45, 7) is 6.19. The first-order chi connectivity index (χ1) is 18.4. The monoisotopic (exact) mass is 505 g/mol. The molecule has 0 saturated heterocycles. The number of benzene rings is 3. The largest absolute Gasteiger partial charge is 0.467 e. The minimum absolute atomic E-state index is 0.0346. The highest BCUT2D eigenvalue weighted by atomic mass is 16.3. The van der Waals surface area contributed by atoms with Crippen LogP contribution < -0.4 is 5.56 Å². The van der Waals surface area contributed by atoms with Crippen LogP contribution in [0.5, 0.6) is 0 Å². The Balaban J connectivity index is 1.62. The minimum Gasteiger partial charge on any atom is -0.467 e. The molecule has 0 aliphatic rings. The van der Waals surface area contributed by atoms with E-state index in [2.05, 4.69) is 0 Å². The van der Waals surface area contributed by atoms with E-state index in [1.165, 1.54) is 0 Å². The second kappa shape index (κ2) is 10.9. The first-order valence-electron chi connectivity index (χ1n) is 12.9. The molecule has 0 aliphatic heterocycles. The number of furan rings is 1. The highest BCUT2D eigenvalue weighted by Crippen LogP contribution is 2.27. The Hall–Kier alpha value is -4.45. The van der Waals surface area contributed by atoms with Gasteiger partial charge in [0.2, 0.25) is 5.91 Å². The molecule has 2 aromatic heterocycles. The molecule has 0 radical (unpaired) electrons. The van der Waals surface area contributed by atoms with Crippen molar-refractivity contribution in [3.8, 4) is 5.69 Å². The first kappa shape index (κ1) is 25.2. The maximum absolute atomic E-state index is 13.9. The van der Waals surface area contributed by atoms with E-state index in [9.17, 15) is 9.59 Å². The van der Waals surface area contributed by atoms with Crippen LogP contribution in [0, 0.1) is 13.8 Å². The summed E-state index contributed by atoms with van der Waals surface area (Å²) in [4.78, 5) is 34.4. The number of carbonyl (C=O) groups excluding carboxylic acids is 1. The predicted molar refractivity (Wildman–Crippen MR) is 149 cm³/mol. The van der Waals surface area contributed by atoms with Gasteiger partial charge in [-0.25, -0.2) is 4.98 Å². The maximum atomic E-state index is 13.9. The van der Waals surface area contributed by atoms with Crippen LogP contribution in [0.1, 0.15) is 47.7 Å². The molecule has 5 aromatic rings. The highest BCUT2D eigenvalue weighted by molar-refractivity contribution is 5.79. The molecule has 1 amide bonds. The molecule has 3 aromatic carbocycles. The summed E-state index contributed by atoms with van der Waals surface area (Å²) in [6.07, 6.45) is 2.55. The molecule has 192 valence electrons. The summed E-state index contributed by atoms with van der Waals surface area (Å²) < 4.78 is 7.30. The number of nitrogens with zero attached hydrogens (tertiary/aromatic N) is 3. The molecule has 5 rings (SSSR count). The van der Waals surface area contributed by atoms with Gasteiger partial charge in [-0.1, -0.05) is 54.6 Å². The van der Waals surface area contributed by atoms with Gasteiger partial charge in [-0.3, -0.25) is 14.2 Å². The number of hydrogen-bond donors (Lipinski definition) is 0. The van der Waals surface area contributed by atoms with E-state index in [1.807, 2.05) is 99.6 Å². The number of aryl methyl sites for hydroxylation is 3.